The van der Waals surface area contributed by atoms with Gasteiger partial charge in [0.05, 0.1) is 24.3 Å². The molecule has 130 valence electrons. The third-order valence-corrected chi connectivity index (χ3v) is 4.04. The van der Waals surface area contributed by atoms with Crippen LogP contribution in [0.1, 0.15) is 33.2 Å². The first-order chi connectivity index (χ1) is 12.0. The molecule has 0 radical (unpaired) electrons. The minimum Gasteiger partial charge on any atom is -0.478 e. The van der Waals surface area contributed by atoms with Crippen LogP contribution >= 0.6 is 0 Å². The maximum absolute atomic E-state index is 12.3. The van der Waals surface area contributed by atoms with Gasteiger partial charge in [-0.25, -0.2) is 4.79 Å². The van der Waals surface area contributed by atoms with E-state index in [9.17, 15) is 14.7 Å². The summed E-state index contributed by atoms with van der Waals surface area (Å²) in [6.45, 7) is 3.08. The molecular formula is C19H19NO5. The second-order valence-electron chi connectivity index (χ2n) is 6.01. The molecular weight excluding hydrogens is 322 g/mol. The van der Waals surface area contributed by atoms with E-state index in [0.717, 1.165) is 5.56 Å². The van der Waals surface area contributed by atoms with E-state index < -0.39 is 17.7 Å². The molecule has 6 heteroatoms. The van der Waals surface area contributed by atoms with Crippen molar-refractivity contribution in [1.29, 1.82) is 0 Å². The quantitative estimate of drug-likeness (QED) is 0.873. The van der Waals surface area contributed by atoms with E-state index in [1.807, 2.05) is 19.1 Å². The molecule has 1 fully saturated rings. The molecule has 1 heterocycles. The van der Waals surface area contributed by atoms with E-state index in [0.29, 0.717) is 25.3 Å². The fourth-order valence-electron chi connectivity index (χ4n) is 2.80. The summed E-state index contributed by atoms with van der Waals surface area (Å²) in [6, 6.07) is 13.4. The molecule has 1 aliphatic heterocycles. The lowest BCUT2D eigenvalue weighted by Crippen LogP contribution is -2.28. The van der Waals surface area contributed by atoms with E-state index >= 15 is 0 Å². The van der Waals surface area contributed by atoms with Crippen molar-refractivity contribution >= 4 is 17.6 Å². The van der Waals surface area contributed by atoms with E-state index in [1.54, 1.807) is 24.3 Å². The lowest BCUT2D eigenvalue weighted by atomic mass is 10.1. The predicted octanol–water partition coefficient (Wildman–Crippen LogP) is 2.94. The second-order valence-corrected chi connectivity index (χ2v) is 6.01. The molecule has 0 spiro atoms. The fraction of sp³-hybridized carbons (Fsp3) is 0.263. The Labute approximate surface area is 145 Å². The van der Waals surface area contributed by atoms with Gasteiger partial charge in [-0.1, -0.05) is 24.3 Å². The van der Waals surface area contributed by atoms with Crippen molar-refractivity contribution in [3.8, 4) is 0 Å². The zero-order chi connectivity index (χ0) is 17.9. The summed E-state index contributed by atoms with van der Waals surface area (Å²) in [4.78, 5) is 23.6. The molecule has 1 amide bonds. The minimum atomic E-state index is -1.13. The summed E-state index contributed by atoms with van der Waals surface area (Å²) in [5, 5.41) is 11.9. The Morgan fingerprint density at radius 2 is 1.64 bits per heavy atom. The highest BCUT2D eigenvalue weighted by Crippen LogP contribution is 2.24. The van der Waals surface area contributed by atoms with Crippen LogP contribution in [0.15, 0.2) is 48.5 Å². The highest BCUT2D eigenvalue weighted by atomic mass is 16.7. The highest BCUT2D eigenvalue weighted by molar-refractivity contribution is 6.10. The Morgan fingerprint density at radius 3 is 2.24 bits per heavy atom. The molecule has 25 heavy (non-hydrogen) atoms. The van der Waals surface area contributed by atoms with Crippen molar-refractivity contribution in [1.82, 2.24) is 0 Å². The van der Waals surface area contributed by atoms with Crippen molar-refractivity contribution in [3.63, 3.8) is 0 Å². The van der Waals surface area contributed by atoms with Gasteiger partial charge in [-0.2, -0.15) is 0 Å². The number of hydrogen-bond donors (Lipinski definition) is 2. The monoisotopic (exact) mass is 341 g/mol. The van der Waals surface area contributed by atoms with Crippen molar-refractivity contribution in [2.45, 2.75) is 19.1 Å². The van der Waals surface area contributed by atoms with Crippen molar-refractivity contribution in [3.05, 3.63) is 65.2 Å². The fourth-order valence-corrected chi connectivity index (χ4v) is 2.80. The molecule has 6 nitrogen and oxygen atoms in total. The van der Waals surface area contributed by atoms with Crippen LogP contribution in [0, 0.1) is 0 Å². The van der Waals surface area contributed by atoms with E-state index in [4.69, 9.17) is 9.47 Å². The lowest BCUT2D eigenvalue weighted by Gasteiger charge is -2.22. The Balaban J connectivity index is 1.69. The Kier molecular flexibility index (Phi) is 4.83. The Bertz CT molecular complexity index is 779. The average molecular weight is 341 g/mol. The lowest BCUT2D eigenvalue weighted by molar-refractivity contribution is -0.140. The van der Waals surface area contributed by atoms with Crippen molar-refractivity contribution < 1.29 is 24.2 Å². The molecule has 0 bridgehead atoms. The van der Waals surface area contributed by atoms with Crippen LogP contribution < -0.4 is 5.32 Å². The molecule has 2 aromatic carbocycles. The van der Waals surface area contributed by atoms with Crippen LogP contribution in [0.4, 0.5) is 5.69 Å². The van der Waals surface area contributed by atoms with Gasteiger partial charge in [-0.3, -0.25) is 4.79 Å². The van der Waals surface area contributed by atoms with Gasteiger partial charge in [0.25, 0.3) is 5.91 Å². The topological polar surface area (TPSA) is 84.9 Å². The largest absolute Gasteiger partial charge is 0.478 e. The first kappa shape index (κ1) is 17.1. The normalized spacial score (nSPS) is 15.7. The first-order valence-corrected chi connectivity index (χ1v) is 7.97. The molecule has 2 aromatic rings. The molecule has 3 rings (SSSR count). The Morgan fingerprint density at radius 1 is 1.04 bits per heavy atom. The van der Waals surface area contributed by atoms with Crippen LogP contribution in [0.3, 0.4) is 0 Å². The van der Waals surface area contributed by atoms with Gasteiger partial charge in [-0.15, -0.1) is 0 Å². The molecule has 0 saturated carbocycles. The van der Waals surface area contributed by atoms with E-state index in [2.05, 4.69) is 5.32 Å². The highest BCUT2D eigenvalue weighted by Gasteiger charge is 2.30. The third kappa shape index (κ3) is 4.04. The van der Waals surface area contributed by atoms with Crippen LogP contribution in [0.2, 0.25) is 0 Å². The smallest absolute Gasteiger partial charge is 0.336 e. The summed E-state index contributed by atoms with van der Waals surface area (Å²) in [5.74, 6) is -2.20. The predicted molar refractivity (Wildman–Crippen MR) is 91.8 cm³/mol. The SMILES string of the molecule is CC1(Cc2ccc(NC(=O)c3ccccc3C(=O)O)cc2)OCCO1. The maximum Gasteiger partial charge on any atom is 0.336 e. The number of aromatic carboxylic acids is 1. The number of carbonyl (C=O) groups is 2. The van der Waals surface area contributed by atoms with Gasteiger partial charge in [0.2, 0.25) is 0 Å². The molecule has 0 atom stereocenters. The maximum atomic E-state index is 12.3. The number of carbonyl (C=O) groups excluding carboxylic acids is 1. The minimum absolute atomic E-state index is 0.0277. The van der Waals surface area contributed by atoms with Crippen molar-refractivity contribution in [2.24, 2.45) is 0 Å². The molecule has 1 aliphatic rings. The van der Waals surface area contributed by atoms with Gasteiger partial charge in [0, 0.05) is 12.1 Å². The summed E-state index contributed by atoms with van der Waals surface area (Å²) < 4.78 is 11.2. The van der Waals surface area contributed by atoms with Crippen LogP contribution in [-0.2, 0) is 15.9 Å². The number of nitrogens with one attached hydrogen (secondary N) is 1. The number of hydrogen-bond acceptors (Lipinski definition) is 4. The van der Waals surface area contributed by atoms with Gasteiger partial charge in [0.1, 0.15) is 0 Å². The number of carboxylic acid groups (broad SMARTS) is 1. The zero-order valence-corrected chi connectivity index (χ0v) is 13.8. The number of benzene rings is 2. The number of anilines is 1. The average Bonchev–Trinajstić information content (AvgIpc) is 3.02. The van der Waals surface area contributed by atoms with Gasteiger partial charge >= 0.3 is 5.97 Å². The molecule has 1 saturated heterocycles. The van der Waals surface area contributed by atoms with Gasteiger partial charge in [-0.05, 0) is 36.8 Å². The number of rotatable bonds is 5. The number of carboxylic acids is 1. The number of amides is 1. The standard InChI is InChI=1S/C19H19NO5/c1-19(24-10-11-25-19)12-13-6-8-14(9-7-13)20-17(21)15-4-2-3-5-16(15)18(22)23/h2-9H,10-12H2,1H3,(H,20,21)(H,22,23). The molecule has 0 unspecified atom stereocenters. The van der Waals surface area contributed by atoms with Gasteiger partial charge in [0.15, 0.2) is 5.79 Å². The van der Waals surface area contributed by atoms with Crippen LogP contribution in [0.5, 0.6) is 0 Å². The summed E-state index contributed by atoms with van der Waals surface area (Å²) in [7, 11) is 0. The van der Waals surface area contributed by atoms with Gasteiger partial charge < -0.3 is 19.9 Å². The van der Waals surface area contributed by atoms with Crippen molar-refractivity contribution in [2.75, 3.05) is 18.5 Å². The summed E-state index contributed by atoms with van der Waals surface area (Å²) in [6.07, 6.45) is 0.614. The van der Waals surface area contributed by atoms with Crippen LogP contribution in [0.25, 0.3) is 0 Å². The molecule has 2 N–H and O–H groups in total. The molecule has 0 aromatic heterocycles. The number of ether oxygens (including phenoxy) is 2. The molecule has 0 aliphatic carbocycles. The third-order valence-electron chi connectivity index (χ3n) is 4.04. The summed E-state index contributed by atoms with van der Waals surface area (Å²) >= 11 is 0. The zero-order valence-electron chi connectivity index (χ0n) is 13.8. The van der Waals surface area contributed by atoms with Crippen LogP contribution in [-0.4, -0.2) is 36.0 Å². The first-order valence-electron chi connectivity index (χ1n) is 7.97. The van der Waals surface area contributed by atoms with E-state index in [1.165, 1.54) is 12.1 Å². The summed E-state index contributed by atoms with van der Waals surface area (Å²) in [5.41, 5.74) is 1.71. The van der Waals surface area contributed by atoms with E-state index in [-0.39, 0.29) is 11.1 Å². The Hall–Kier alpha value is -2.70. The second kappa shape index (κ2) is 7.04.